The smallest absolute Gasteiger partial charge is 0.385 e. The number of ether oxygens (including phenoxy) is 1. The van der Waals surface area contributed by atoms with E-state index in [1.165, 1.54) is 0 Å². The minimum Gasteiger partial charge on any atom is -0.385 e. The molecule has 6 heteroatoms. The maximum absolute atomic E-state index is 12.6. The van der Waals surface area contributed by atoms with Crippen LogP contribution in [0, 0.1) is 5.92 Å². The first-order valence-corrected chi connectivity index (χ1v) is 6.44. The van der Waals surface area contributed by atoms with Gasteiger partial charge < -0.3 is 10.1 Å². The maximum Gasteiger partial charge on any atom is 0.416 e. The maximum atomic E-state index is 12.6. The Balaban J connectivity index is 2.05. The molecule has 2 nitrogen and oxygen atoms in total. The first-order valence-electron chi connectivity index (χ1n) is 5.64. The summed E-state index contributed by atoms with van der Waals surface area (Å²) in [5.41, 5.74) is -0.175. The number of benzene rings is 1. The molecular formula is C12H13BrF3NO. The molecule has 0 saturated carbocycles. The first kappa shape index (κ1) is 13.7. The lowest BCUT2D eigenvalue weighted by Crippen LogP contribution is -2.14. The quantitative estimate of drug-likeness (QED) is 0.910. The summed E-state index contributed by atoms with van der Waals surface area (Å²) in [4.78, 5) is 0. The van der Waals surface area contributed by atoms with Gasteiger partial charge in [-0.15, -0.1) is 0 Å². The molecule has 1 aromatic rings. The Labute approximate surface area is 112 Å². The highest BCUT2D eigenvalue weighted by molar-refractivity contribution is 9.10. The third-order valence-corrected chi connectivity index (χ3v) is 3.30. The predicted octanol–water partition coefficient (Wildman–Crippen LogP) is 3.92. The summed E-state index contributed by atoms with van der Waals surface area (Å²) in [6.45, 7) is 2.04. The van der Waals surface area contributed by atoms with Crippen LogP contribution in [0.4, 0.5) is 18.9 Å². The molecule has 1 N–H and O–H groups in total. The topological polar surface area (TPSA) is 21.3 Å². The summed E-state index contributed by atoms with van der Waals surface area (Å²) in [7, 11) is 0. The minimum absolute atomic E-state index is 0.373. The predicted molar refractivity (Wildman–Crippen MR) is 66.6 cm³/mol. The number of nitrogens with one attached hydrogen (secondary N) is 1. The third-order valence-electron chi connectivity index (χ3n) is 2.84. The van der Waals surface area contributed by atoms with Crippen LogP contribution < -0.4 is 5.32 Å². The van der Waals surface area contributed by atoms with Gasteiger partial charge in [0.1, 0.15) is 0 Å². The van der Waals surface area contributed by atoms with E-state index >= 15 is 0 Å². The number of rotatable bonds is 3. The normalized spacial score (nSPS) is 20.1. The molecule has 0 aromatic heterocycles. The van der Waals surface area contributed by atoms with Gasteiger partial charge in [-0.3, -0.25) is 0 Å². The highest BCUT2D eigenvalue weighted by atomic mass is 79.9. The van der Waals surface area contributed by atoms with Crippen LogP contribution in [0.25, 0.3) is 0 Å². The van der Waals surface area contributed by atoms with Gasteiger partial charge in [-0.25, -0.2) is 0 Å². The van der Waals surface area contributed by atoms with Crippen molar-refractivity contribution in [2.24, 2.45) is 5.92 Å². The van der Waals surface area contributed by atoms with Crippen molar-refractivity contribution >= 4 is 21.6 Å². The molecule has 2 rings (SSSR count). The van der Waals surface area contributed by atoms with Crippen LogP contribution in [-0.2, 0) is 10.9 Å². The van der Waals surface area contributed by atoms with Crippen LogP contribution >= 0.6 is 15.9 Å². The Morgan fingerprint density at radius 1 is 1.33 bits per heavy atom. The molecule has 0 radical (unpaired) electrons. The SMILES string of the molecule is FC(F)(F)c1cc(Br)cc(NCC2CCOC2)c1. The van der Waals surface area contributed by atoms with E-state index in [4.69, 9.17) is 4.74 Å². The zero-order valence-corrected chi connectivity index (χ0v) is 11.1. The highest BCUT2D eigenvalue weighted by Crippen LogP contribution is 2.33. The van der Waals surface area contributed by atoms with Crippen molar-refractivity contribution in [2.75, 3.05) is 25.1 Å². The van der Waals surface area contributed by atoms with E-state index in [0.717, 1.165) is 25.2 Å². The van der Waals surface area contributed by atoms with Crippen LogP contribution in [0.15, 0.2) is 22.7 Å². The Kier molecular flexibility index (Phi) is 4.17. The second kappa shape index (κ2) is 5.48. The van der Waals surface area contributed by atoms with Crippen molar-refractivity contribution in [2.45, 2.75) is 12.6 Å². The van der Waals surface area contributed by atoms with Crippen molar-refractivity contribution in [3.05, 3.63) is 28.2 Å². The van der Waals surface area contributed by atoms with Crippen LogP contribution in [-0.4, -0.2) is 19.8 Å². The largest absolute Gasteiger partial charge is 0.416 e. The van der Waals surface area contributed by atoms with Gasteiger partial charge >= 0.3 is 6.18 Å². The third kappa shape index (κ3) is 3.62. The van der Waals surface area contributed by atoms with Gasteiger partial charge in [0, 0.05) is 29.2 Å². The standard InChI is InChI=1S/C12H13BrF3NO/c13-10-3-9(12(14,15)16)4-11(5-10)17-6-8-1-2-18-7-8/h3-5,8,17H,1-2,6-7H2. The monoisotopic (exact) mass is 323 g/mol. The average Bonchev–Trinajstić information content (AvgIpc) is 2.77. The van der Waals surface area contributed by atoms with Gasteiger partial charge in [-0.1, -0.05) is 15.9 Å². The second-order valence-corrected chi connectivity index (χ2v) is 5.25. The van der Waals surface area contributed by atoms with Crippen molar-refractivity contribution in [1.29, 1.82) is 0 Å². The Morgan fingerprint density at radius 2 is 2.11 bits per heavy atom. The summed E-state index contributed by atoms with van der Waals surface area (Å²) < 4.78 is 43.5. The lowest BCUT2D eigenvalue weighted by atomic mass is 10.1. The zero-order chi connectivity index (χ0) is 13.2. The molecule has 1 atom stereocenters. The van der Waals surface area contributed by atoms with Crippen LogP contribution in [0.5, 0.6) is 0 Å². The molecule has 0 amide bonds. The molecule has 1 aliphatic rings. The molecular weight excluding hydrogens is 311 g/mol. The lowest BCUT2D eigenvalue weighted by molar-refractivity contribution is -0.137. The van der Waals surface area contributed by atoms with Gasteiger partial charge in [-0.2, -0.15) is 13.2 Å². The number of anilines is 1. The van der Waals surface area contributed by atoms with Crippen LogP contribution in [0.1, 0.15) is 12.0 Å². The minimum atomic E-state index is -4.32. The molecule has 1 aromatic carbocycles. The summed E-state index contributed by atoms with van der Waals surface area (Å²) >= 11 is 3.09. The van der Waals surface area contributed by atoms with Gasteiger partial charge in [-0.05, 0) is 24.6 Å². The van der Waals surface area contributed by atoms with Crippen molar-refractivity contribution in [3.8, 4) is 0 Å². The summed E-state index contributed by atoms with van der Waals surface area (Å²) in [5, 5.41) is 3.03. The van der Waals surface area contributed by atoms with E-state index < -0.39 is 11.7 Å². The molecule has 0 aliphatic carbocycles. The van der Waals surface area contributed by atoms with Crippen molar-refractivity contribution in [3.63, 3.8) is 0 Å². The van der Waals surface area contributed by atoms with Crippen LogP contribution in [0.2, 0.25) is 0 Å². The van der Waals surface area contributed by atoms with Gasteiger partial charge in [0.15, 0.2) is 0 Å². The van der Waals surface area contributed by atoms with Crippen molar-refractivity contribution < 1.29 is 17.9 Å². The van der Waals surface area contributed by atoms with Gasteiger partial charge in [0.05, 0.1) is 12.2 Å². The van der Waals surface area contributed by atoms with E-state index in [9.17, 15) is 13.2 Å². The Bertz CT molecular complexity index is 416. The number of halogens is 4. The average molecular weight is 324 g/mol. The molecule has 1 unspecified atom stereocenters. The van der Waals surface area contributed by atoms with E-state index in [1.807, 2.05) is 0 Å². The van der Waals surface area contributed by atoms with E-state index in [0.29, 0.717) is 29.2 Å². The summed E-state index contributed by atoms with van der Waals surface area (Å²) in [6, 6.07) is 3.84. The molecule has 1 saturated heterocycles. The van der Waals surface area contributed by atoms with Crippen molar-refractivity contribution in [1.82, 2.24) is 0 Å². The van der Waals surface area contributed by atoms with Gasteiger partial charge in [0.2, 0.25) is 0 Å². The summed E-state index contributed by atoms with van der Waals surface area (Å²) in [6.07, 6.45) is -3.37. The molecule has 0 bridgehead atoms. The zero-order valence-electron chi connectivity index (χ0n) is 9.56. The van der Waals surface area contributed by atoms with Gasteiger partial charge in [0.25, 0.3) is 0 Å². The fraction of sp³-hybridized carbons (Fsp3) is 0.500. The fourth-order valence-electron chi connectivity index (χ4n) is 1.86. The van der Waals surface area contributed by atoms with E-state index in [-0.39, 0.29) is 0 Å². The molecule has 1 aliphatic heterocycles. The molecule has 0 spiro atoms. The summed E-state index contributed by atoms with van der Waals surface area (Å²) in [5.74, 6) is 0.373. The number of hydrogen-bond acceptors (Lipinski definition) is 2. The first-order chi connectivity index (χ1) is 8.45. The van der Waals surface area contributed by atoms with Crippen LogP contribution in [0.3, 0.4) is 0 Å². The molecule has 100 valence electrons. The number of alkyl halides is 3. The Morgan fingerprint density at radius 3 is 2.72 bits per heavy atom. The molecule has 18 heavy (non-hydrogen) atoms. The van der Waals surface area contributed by atoms with E-state index in [1.54, 1.807) is 6.07 Å². The number of hydrogen-bond donors (Lipinski definition) is 1. The molecule has 1 fully saturated rings. The Hall–Kier alpha value is -0.750. The molecule has 1 heterocycles. The highest BCUT2D eigenvalue weighted by Gasteiger charge is 2.31. The van der Waals surface area contributed by atoms with E-state index in [2.05, 4.69) is 21.2 Å². The lowest BCUT2D eigenvalue weighted by Gasteiger charge is -2.13. The second-order valence-electron chi connectivity index (χ2n) is 4.34. The fourth-order valence-corrected chi connectivity index (χ4v) is 2.36.